The third kappa shape index (κ3) is 5.00. The van der Waals surface area contributed by atoms with E-state index in [-0.39, 0.29) is 36.6 Å². The second-order valence-electron chi connectivity index (χ2n) is 8.33. The van der Waals surface area contributed by atoms with Crippen LogP contribution in [0.4, 0.5) is 0 Å². The zero-order valence-corrected chi connectivity index (χ0v) is 20.0. The van der Waals surface area contributed by atoms with Gasteiger partial charge in [-0.25, -0.2) is 4.68 Å². The van der Waals surface area contributed by atoms with Gasteiger partial charge in [-0.05, 0) is 36.8 Å². The Morgan fingerprint density at radius 3 is 2.61 bits per heavy atom. The molecule has 0 radical (unpaired) electrons. The van der Waals surface area contributed by atoms with Crippen LogP contribution < -0.4 is 4.74 Å². The smallest absolute Gasteiger partial charge is 0.257 e. The molecule has 0 atom stereocenters. The van der Waals surface area contributed by atoms with Crippen LogP contribution in [0.15, 0.2) is 72.9 Å². The molecule has 182 valence electrons. The van der Waals surface area contributed by atoms with Crippen LogP contribution in [0.25, 0.3) is 16.9 Å². The number of hydrogen-bond acceptors (Lipinski definition) is 6. The van der Waals surface area contributed by atoms with Gasteiger partial charge < -0.3 is 19.8 Å². The minimum Gasteiger partial charge on any atom is -0.507 e. The molecule has 1 amide bonds. The summed E-state index contributed by atoms with van der Waals surface area (Å²) in [6, 6.07) is 21.4. The lowest BCUT2D eigenvalue weighted by molar-refractivity contribution is 0.0781. The number of hydrogen-bond donors (Lipinski definition) is 2. The van der Waals surface area contributed by atoms with Crippen molar-refractivity contribution in [2.24, 2.45) is 0 Å². The second-order valence-corrected chi connectivity index (χ2v) is 8.33. The molecule has 1 heterocycles. The Bertz CT molecular complexity index is 1440. The first-order valence-electron chi connectivity index (χ1n) is 11.4. The summed E-state index contributed by atoms with van der Waals surface area (Å²) in [6.07, 6.45) is 1.87. The van der Waals surface area contributed by atoms with Gasteiger partial charge in [0.1, 0.15) is 23.9 Å². The molecule has 36 heavy (non-hydrogen) atoms. The van der Waals surface area contributed by atoms with Gasteiger partial charge in [0.15, 0.2) is 0 Å². The van der Waals surface area contributed by atoms with E-state index in [1.54, 1.807) is 30.1 Å². The largest absolute Gasteiger partial charge is 0.507 e. The van der Waals surface area contributed by atoms with Gasteiger partial charge in [-0.1, -0.05) is 36.4 Å². The first kappa shape index (κ1) is 24.4. The van der Waals surface area contributed by atoms with Gasteiger partial charge in [0, 0.05) is 30.8 Å². The molecule has 0 unspecified atom stereocenters. The van der Waals surface area contributed by atoms with Crippen molar-refractivity contribution in [1.29, 1.82) is 5.26 Å². The molecule has 4 aromatic rings. The number of carbonyl (C=O) groups is 1. The number of phenols is 2. The quantitative estimate of drug-likeness (QED) is 0.348. The van der Waals surface area contributed by atoms with Crippen LogP contribution in [0, 0.1) is 18.3 Å². The average molecular weight is 483 g/mol. The van der Waals surface area contributed by atoms with Crippen molar-refractivity contribution in [3.63, 3.8) is 0 Å². The molecule has 4 rings (SSSR count). The molecule has 2 N–H and O–H groups in total. The van der Waals surface area contributed by atoms with Gasteiger partial charge in [-0.2, -0.15) is 10.4 Å². The van der Waals surface area contributed by atoms with Crippen molar-refractivity contribution in [3.05, 3.63) is 89.6 Å². The fraction of sp³-hybridized carbons (Fsp3) is 0.179. The molecule has 8 heteroatoms. The van der Waals surface area contributed by atoms with Crippen LogP contribution in [0.1, 0.15) is 27.9 Å². The van der Waals surface area contributed by atoms with Gasteiger partial charge in [-0.15, -0.1) is 0 Å². The predicted octanol–water partition coefficient (Wildman–Crippen LogP) is 4.82. The van der Waals surface area contributed by atoms with Crippen LogP contribution in [0.5, 0.6) is 17.2 Å². The monoisotopic (exact) mass is 482 g/mol. The van der Waals surface area contributed by atoms with E-state index in [1.807, 2.05) is 55.5 Å². The van der Waals surface area contributed by atoms with Crippen LogP contribution >= 0.6 is 0 Å². The number of para-hydroxylation sites is 2. The first-order valence-corrected chi connectivity index (χ1v) is 11.4. The normalized spacial score (nSPS) is 10.6. The molecule has 0 bridgehead atoms. The lowest BCUT2D eigenvalue weighted by atomic mass is 10.0. The van der Waals surface area contributed by atoms with Crippen molar-refractivity contribution in [2.75, 3.05) is 13.7 Å². The molecule has 0 aliphatic rings. The van der Waals surface area contributed by atoms with E-state index in [2.05, 4.69) is 5.10 Å². The average Bonchev–Trinajstić information content (AvgIpc) is 3.34. The maximum atomic E-state index is 13.4. The summed E-state index contributed by atoms with van der Waals surface area (Å²) in [5, 5.41) is 34.4. The first-order chi connectivity index (χ1) is 17.4. The molecule has 0 aliphatic heterocycles. The predicted molar refractivity (Wildman–Crippen MR) is 135 cm³/mol. The van der Waals surface area contributed by atoms with Crippen molar-refractivity contribution in [2.45, 2.75) is 19.9 Å². The molecule has 0 aliphatic carbocycles. The number of carbonyl (C=O) groups excluding carboxylic acids is 1. The molecular formula is C28H26N4O4. The summed E-state index contributed by atoms with van der Waals surface area (Å²) in [5.74, 6) is -0.334. The molecule has 0 spiro atoms. The topological polar surface area (TPSA) is 112 Å². The van der Waals surface area contributed by atoms with Gasteiger partial charge in [0.05, 0.1) is 35.6 Å². The summed E-state index contributed by atoms with van der Waals surface area (Å²) >= 11 is 0. The molecule has 0 fully saturated rings. The van der Waals surface area contributed by atoms with Gasteiger partial charge >= 0.3 is 0 Å². The van der Waals surface area contributed by atoms with Gasteiger partial charge in [0.25, 0.3) is 5.91 Å². The third-order valence-electron chi connectivity index (χ3n) is 5.81. The number of aromatic hydroxyl groups is 2. The summed E-state index contributed by atoms with van der Waals surface area (Å²) in [4.78, 5) is 14.8. The lowest BCUT2D eigenvalue weighted by Crippen LogP contribution is -2.26. The maximum Gasteiger partial charge on any atom is 0.257 e. The lowest BCUT2D eigenvalue weighted by Gasteiger charge is -2.20. The highest BCUT2D eigenvalue weighted by molar-refractivity contribution is 5.98. The van der Waals surface area contributed by atoms with E-state index >= 15 is 0 Å². The molecule has 8 nitrogen and oxygen atoms in total. The maximum absolute atomic E-state index is 13.4. The van der Waals surface area contributed by atoms with E-state index in [0.29, 0.717) is 17.0 Å². The van der Waals surface area contributed by atoms with Crippen LogP contribution in [0.2, 0.25) is 0 Å². The summed E-state index contributed by atoms with van der Waals surface area (Å²) < 4.78 is 7.37. The zero-order valence-electron chi connectivity index (χ0n) is 20.0. The summed E-state index contributed by atoms with van der Waals surface area (Å²) in [7, 11) is 1.62. The van der Waals surface area contributed by atoms with E-state index < -0.39 is 5.91 Å². The summed E-state index contributed by atoms with van der Waals surface area (Å²) in [5.41, 5.74) is 3.59. The Morgan fingerprint density at radius 2 is 1.83 bits per heavy atom. The van der Waals surface area contributed by atoms with E-state index in [9.17, 15) is 15.0 Å². The molecule has 3 aromatic carbocycles. The van der Waals surface area contributed by atoms with E-state index in [4.69, 9.17) is 10.00 Å². The van der Waals surface area contributed by atoms with Crippen LogP contribution in [-0.2, 0) is 6.54 Å². The SMILES string of the molecule is Cc1ccccc1-n1nccc1-c1cc(C(=O)N(C)Cc2ccccc2OCCC#N)c(O)cc1O. The number of ether oxygens (including phenoxy) is 1. The molecular weight excluding hydrogens is 456 g/mol. The minimum absolute atomic E-state index is 0.0470. The number of rotatable bonds is 8. The highest BCUT2D eigenvalue weighted by Crippen LogP contribution is 2.36. The fourth-order valence-corrected chi connectivity index (χ4v) is 3.97. The third-order valence-corrected chi connectivity index (χ3v) is 5.81. The van der Waals surface area contributed by atoms with Gasteiger partial charge in [-0.3, -0.25) is 4.79 Å². The summed E-state index contributed by atoms with van der Waals surface area (Å²) in [6.45, 7) is 2.43. The molecule has 0 saturated heterocycles. The second kappa shape index (κ2) is 10.7. The van der Waals surface area contributed by atoms with Crippen LogP contribution in [0.3, 0.4) is 0 Å². The highest BCUT2D eigenvalue weighted by atomic mass is 16.5. The number of aromatic nitrogens is 2. The van der Waals surface area contributed by atoms with Crippen LogP contribution in [-0.4, -0.2) is 44.5 Å². The number of aryl methyl sites for hydroxylation is 1. The Hall–Kier alpha value is -4.77. The minimum atomic E-state index is -0.428. The Balaban J connectivity index is 1.65. The zero-order chi connectivity index (χ0) is 25.7. The number of benzene rings is 3. The molecule has 1 aromatic heterocycles. The Kier molecular flexibility index (Phi) is 7.21. The Morgan fingerprint density at radius 1 is 1.08 bits per heavy atom. The van der Waals surface area contributed by atoms with Crippen molar-refractivity contribution >= 4 is 5.91 Å². The van der Waals surface area contributed by atoms with E-state index in [1.165, 1.54) is 17.0 Å². The Labute approximate surface area is 209 Å². The fourth-order valence-electron chi connectivity index (χ4n) is 3.97. The van der Waals surface area contributed by atoms with Crippen molar-refractivity contribution in [1.82, 2.24) is 14.7 Å². The number of amides is 1. The number of nitriles is 1. The van der Waals surface area contributed by atoms with Crippen molar-refractivity contribution in [3.8, 4) is 40.3 Å². The highest BCUT2D eigenvalue weighted by Gasteiger charge is 2.22. The number of nitrogens with zero attached hydrogens (tertiary/aromatic N) is 4. The standard InChI is InChI=1S/C28H26N4O4/c1-19-8-3-5-10-23(19)32-24(12-14-30-32)21-16-22(26(34)17-25(21)33)28(35)31(2)18-20-9-4-6-11-27(20)36-15-7-13-29/h3-6,8-12,14,16-17,33-34H,7,15,18H2,1-2H3. The number of phenolic OH excluding ortho intramolecular Hbond substituents is 2. The van der Waals surface area contributed by atoms with Crippen molar-refractivity contribution < 1.29 is 19.7 Å². The van der Waals surface area contributed by atoms with E-state index in [0.717, 1.165) is 16.8 Å². The van der Waals surface area contributed by atoms with Gasteiger partial charge in [0.2, 0.25) is 0 Å². The molecule has 0 saturated carbocycles.